The Morgan fingerprint density at radius 3 is 2.86 bits per heavy atom. The molecular formula is C16H17N3O2. The zero-order chi connectivity index (χ0) is 14.7. The van der Waals surface area contributed by atoms with Crippen molar-refractivity contribution in [3.05, 3.63) is 53.3 Å². The lowest BCUT2D eigenvalue weighted by atomic mass is 10.1. The third-order valence-corrected chi connectivity index (χ3v) is 3.60. The van der Waals surface area contributed by atoms with Gasteiger partial charge in [-0.1, -0.05) is 24.3 Å². The molecule has 0 amide bonds. The van der Waals surface area contributed by atoms with E-state index >= 15 is 0 Å². The summed E-state index contributed by atoms with van der Waals surface area (Å²) in [6.07, 6.45) is 5.08. The number of aryl methyl sites for hydroxylation is 1. The first kappa shape index (κ1) is 13.5. The van der Waals surface area contributed by atoms with Crippen LogP contribution in [-0.4, -0.2) is 22.5 Å². The molecule has 3 rings (SSSR count). The molecule has 1 aliphatic carbocycles. The van der Waals surface area contributed by atoms with Crippen LogP contribution < -0.4 is 5.32 Å². The number of ether oxygens (including phenoxy) is 1. The molecule has 0 fully saturated rings. The number of anilines is 1. The van der Waals surface area contributed by atoms with Crippen LogP contribution in [0.25, 0.3) is 0 Å². The first-order chi connectivity index (χ1) is 10.3. The molecule has 0 bridgehead atoms. The van der Waals surface area contributed by atoms with Gasteiger partial charge in [0.1, 0.15) is 0 Å². The minimum Gasteiger partial charge on any atom is -0.462 e. The Labute approximate surface area is 123 Å². The monoisotopic (exact) mass is 283 g/mol. The van der Waals surface area contributed by atoms with Crippen LogP contribution in [0.1, 0.15) is 40.9 Å². The second-order valence-electron chi connectivity index (χ2n) is 4.95. The smallest absolute Gasteiger partial charge is 0.341 e. The molecule has 1 unspecified atom stereocenters. The van der Waals surface area contributed by atoms with Gasteiger partial charge in [-0.05, 0) is 30.9 Å². The van der Waals surface area contributed by atoms with Crippen LogP contribution in [-0.2, 0) is 11.2 Å². The van der Waals surface area contributed by atoms with Gasteiger partial charge in [0.15, 0.2) is 0 Å². The van der Waals surface area contributed by atoms with E-state index in [1.165, 1.54) is 23.5 Å². The summed E-state index contributed by atoms with van der Waals surface area (Å²) in [7, 11) is 0. The van der Waals surface area contributed by atoms with E-state index in [0.29, 0.717) is 18.1 Å². The van der Waals surface area contributed by atoms with Gasteiger partial charge >= 0.3 is 5.97 Å². The highest BCUT2D eigenvalue weighted by atomic mass is 16.5. The van der Waals surface area contributed by atoms with Crippen molar-refractivity contribution < 1.29 is 9.53 Å². The minimum atomic E-state index is -0.393. The molecule has 0 aliphatic heterocycles. The molecule has 1 aromatic heterocycles. The summed E-state index contributed by atoms with van der Waals surface area (Å²) in [4.78, 5) is 19.9. The lowest BCUT2D eigenvalue weighted by molar-refractivity contribution is 0.0525. The Hall–Kier alpha value is -2.43. The quantitative estimate of drug-likeness (QED) is 0.874. The number of benzene rings is 1. The van der Waals surface area contributed by atoms with Crippen molar-refractivity contribution in [2.45, 2.75) is 25.8 Å². The minimum absolute atomic E-state index is 0.231. The predicted molar refractivity (Wildman–Crippen MR) is 79.1 cm³/mol. The number of carbonyl (C=O) groups excluding carboxylic acids is 1. The van der Waals surface area contributed by atoms with Crippen molar-refractivity contribution in [2.24, 2.45) is 0 Å². The number of nitrogens with one attached hydrogen (secondary N) is 1. The molecule has 1 aromatic carbocycles. The Balaban J connectivity index is 1.71. The number of fused-ring (bicyclic) bond motifs is 1. The van der Waals surface area contributed by atoms with E-state index in [0.717, 1.165) is 12.8 Å². The third kappa shape index (κ3) is 2.86. The highest BCUT2D eigenvalue weighted by Gasteiger charge is 2.22. The van der Waals surface area contributed by atoms with Crippen LogP contribution in [0.15, 0.2) is 36.7 Å². The van der Waals surface area contributed by atoms with E-state index in [1.54, 1.807) is 6.92 Å². The molecule has 1 N–H and O–H groups in total. The number of nitrogens with zero attached hydrogens (tertiary/aromatic N) is 2. The molecule has 0 radical (unpaired) electrons. The van der Waals surface area contributed by atoms with E-state index in [4.69, 9.17) is 4.74 Å². The van der Waals surface area contributed by atoms with Crippen molar-refractivity contribution in [2.75, 3.05) is 11.9 Å². The summed E-state index contributed by atoms with van der Waals surface area (Å²) in [6.45, 7) is 2.11. The zero-order valence-electron chi connectivity index (χ0n) is 11.9. The van der Waals surface area contributed by atoms with E-state index in [2.05, 4.69) is 33.5 Å². The Morgan fingerprint density at radius 2 is 2.10 bits per heavy atom. The average Bonchev–Trinajstić information content (AvgIpc) is 2.92. The van der Waals surface area contributed by atoms with Gasteiger partial charge in [0.05, 0.1) is 18.2 Å². The summed E-state index contributed by atoms with van der Waals surface area (Å²) in [5.74, 6) is 0.139. The van der Waals surface area contributed by atoms with E-state index in [9.17, 15) is 4.79 Å². The van der Waals surface area contributed by atoms with Crippen LogP contribution in [0.2, 0.25) is 0 Å². The molecule has 1 aliphatic rings. The number of carbonyl (C=O) groups is 1. The predicted octanol–water partition coefficient (Wildman–Crippen LogP) is 2.75. The second-order valence-corrected chi connectivity index (χ2v) is 4.95. The van der Waals surface area contributed by atoms with Crippen molar-refractivity contribution in [3.63, 3.8) is 0 Å². The molecule has 108 valence electrons. The van der Waals surface area contributed by atoms with Gasteiger partial charge in [-0.2, -0.15) is 0 Å². The van der Waals surface area contributed by atoms with Crippen LogP contribution in [0, 0.1) is 0 Å². The molecule has 1 heterocycles. The van der Waals surface area contributed by atoms with E-state index < -0.39 is 5.97 Å². The topological polar surface area (TPSA) is 64.1 Å². The van der Waals surface area contributed by atoms with Crippen molar-refractivity contribution in [1.29, 1.82) is 0 Å². The van der Waals surface area contributed by atoms with Crippen LogP contribution in [0.5, 0.6) is 0 Å². The average molecular weight is 283 g/mol. The molecule has 1 atom stereocenters. The summed E-state index contributed by atoms with van der Waals surface area (Å²) in [5.41, 5.74) is 3.04. The molecule has 5 heteroatoms. The van der Waals surface area contributed by atoms with Gasteiger partial charge in [-0.15, -0.1) is 0 Å². The Bertz CT molecular complexity index is 640. The highest BCUT2D eigenvalue weighted by Crippen LogP contribution is 2.32. The number of hydrogen-bond acceptors (Lipinski definition) is 5. The van der Waals surface area contributed by atoms with Gasteiger partial charge in [-0.25, -0.2) is 14.8 Å². The van der Waals surface area contributed by atoms with Gasteiger partial charge in [0, 0.05) is 12.4 Å². The van der Waals surface area contributed by atoms with Crippen LogP contribution in [0.4, 0.5) is 5.95 Å². The van der Waals surface area contributed by atoms with Crippen molar-refractivity contribution >= 4 is 11.9 Å². The zero-order valence-corrected chi connectivity index (χ0v) is 11.9. The fourth-order valence-electron chi connectivity index (χ4n) is 2.59. The maximum atomic E-state index is 11.5. The maximum Gasteiger partial charge on any atom is 0.341 e. The fourth-order valence-corrected chi connectivity index (χ4v) is 2.59. The SMILES string of the molecule is CCOC(=O)c1cnc(NC2CCc3ccccc32)nc1. The number of esters is 1. The Kier molecular flexibility index (Phi) is 3.81. The maximum absolute atomic E-state index is 11.5. The standard InChI is InChI=1S/C16H17N3O2/c1-2-21-15(20)12-9-17-16(18-10-12)19-14-8-7-11-5-3-4-6-13(11)14/h3-6,9-10,14H,2,7-8H2,1H3,(H,17,18,19). The van der Waals surface area contributed by atoms with E-state index in [1.807, 2.05) is 6.07 Å². The van der Waals surface area contributed by atoms with E-state index in [-0.39, 0.29) is 6.04 Å². The molecule has 0 spiro atoms. The molecule has 0 saturated heterocycles. The molecule has 0 saturated carbocycles. The number of aromatic nitrogens is 2. The van der Waals surface area contributed by atoms with Gasteiger partial charge in [0.2, 0.25) is 5.95 Å². The lowest BCUT2D eigenvalue weighted by Gasteiger charge is -2.13. The van der Waals surface area contributed by atoms with Crippen molar-refractivity contribution in [1.82, 2.24) is 9.97 Å². The van der Waals surface area contributed by atoms with Gasteiger partial charge in [0.25, 0.3) is 0 Å². The summed E-state index contributed by atoms with van der Waals surface area (Å²) >= 11 is 0. The van der Waals surface area contributed by atoms with Crippen LogP contribution >= 0.6 is 0 Å². The summed E-state index contributed by atoms with van der Waals surface area (Å²) in [6, 6.07) is 8.62. The molecule has 21 heavy (non-hydrogen) atoms. The summed E-state index contributed by atoms with van der Waals surface area (Å²) in [5, 5.41) is 3.32. The first-order valence-corrected chi connectivity index (χ1v) is 7.11. The fraction of sp³-hybridized carbons (Fsp3) is 0.312. The van der Waals surface area contributed by atoms with Gasteiger partial charge in [-0.3, -0.25) is 0 Å². The molecule has 2 aromatic rings. The summed E-state index contributed by atoms with van der Waals surface area (Å²) < 4.78 is 4.91. The van der Waals surface area contributed by atoms with Crippen LogP contribution in [0.3, 0.4) is 0 Å². The second kappa shape index (κ2) is 5.91. The molecule has 5 nitrogen and oxygen atoms in total. The first-order valence-electron chi connectivity index (χ1n) is 7.11. The number of hydrogen-bond donors (Lipinski definition) is 1. The Morgan fingerprint density at radius 1 is 1.33 bits per heavy atom. The van der Waals surface area contributed by atoms with Gasteiger partial charge < -0.3 is 10.1 Å². The molecular weight excluding hydrogens is 266 g/mol. The third-order valence-electron chi connectivity index (χ3n) is 3.60. The normalized spacial score (nSPS) is 16.3. The highest BCUT2D eigenvalue weighted by molar-refractivity contribution is 5.88. The van der Waals surface area contributed by atoms with Crippen molar-refractivity contribution in [3.8, 4) is 0 Å². The lowest BCUT2D eigenvalue weighted by Crippen LogP contribution is -2.11. The number of rotatable bonds is 4. The largest absolute Gasteiger partial charge is 0.462 e.